The van der Waals surface area contributed by atoms with Gasteiger partial charge in [0, 0.05) is 28.6 Å². The smallest absolute Gasteiger partial charge is 0.227 e. The highest BCUT2D eigenvalue weighted by Gasteiger charge is 2.48. The number of furan rings is 1. The fourth-order valence-electron chi connectivity index (χ4n) is 5.20. The second-order valence-corrected chi connectivity index (χ2v) is 8.48. The molecule has 2 aliphatic heterocycles. The van der Waals surface area contributed by atoms with Gasteiger partial charge in [-0.25, -0.2) is 4.98 Å². The van der Waals surface area contributed by atoms with Crippen LogP contribution in [0.3, 0.4) is 0 Å². The maximum absolute atomic E-state index is 6.33. The topological polar surface area (TPSA) is 29.3 Å². The minimum absolute atomic E-state index is 0.421. The average Bonchev–Trinajstić information content (AvgIpc) is 2.94. The second-order valence-electron chi connectivity index (χ2n) is 8.48. The molecule has 0 N–H and O–H groups in total. The highest BCUT2D eigenvalue weighted by atomic mass is 16.3. The summed E-state index contributed by atoms with van der Waals surface area (Å²) < 4.78 is 6.33. The Labute approximate surface area is 149 Å². The summed E-state index contributed by atoms with van der Waals surface area (Å²) in [7, 11) is 0. The van der Waals surface area contributed by atoms with Crippen LogP contribution in [-0.2, 0) is 0 Å². The van der Waals surface area contributed by atoms with Gasteiger partial charge >= 0.3 is 0 Å². The molecule has 3 aromatic rings. The third-order valence-electron chi connectivity index (χ3n) is 7.00. The Morgan fingerprint density at radius 3 is 2.56 bits per heavy atom. The van der Waals surface area contributed by atoms with Gasteiger partial charge in [-0.15, -0.1) is 0 Å². The fraction of sp³-hybridized carbons (Fsp3) is 0.500. The molecule has 4 heterocycles. The molecule has 25 heavy (non-hydrogen) atoms. The van der Waals surface area contributed by atoms with Gasteiger partial charge in [0.15, 0.2) is 5.58 Å². The molecule has 0 spiro atoms. The van der Waals surface area contributed by atoms with Crippen molar-refractivity contribution < 1.29 is 4.42 Å². The minimum atomic E-state index is 0.421. The van der Waals surface area contributed by atoms with Gasteiger partial charge in [-0.2, -0.15) is 0 Å². The number of rotatable bonds is 1. The predicted molar refractivity (Wildman–Crippen MR) is 103 cm³/mol. The first-order chi connectivity index (χ1) is 12.0. The van der Waals surface area contributed by atoms with Crippen molar-refractivity contribution >= 4 is 27.8 Å². The Morgan fingerprint density at radius 1 is 1.08 bits per heavy atom. The number of aryl methyl sites for hydroxylation is 2. The normalized spacial score (nSPS) is 29.0. The largest absolute Gasteiger partial charge is 0.436 e. The van der Waals surface area contributed by atoms with E-state index in [0.717, 1.165) is 22.4 Å². The van der Waals surface area contributed by atoms with E-state index in [1.54, 1.807) is 0 Å². The first-order valence-corrected chi connectivity index (χ1v) is 9.56. The van der Waals surface area contributed by atoms with E-state index in [1.165, 1.54) is 42.3 Å². The number of piperidine rings is 2. The number of aromatic nitrogens is 1. The molecule has 3 nitrogen and oxygen atoms in total. The number of pyridine rings is 1. The summed E-state index contributed by atoms with van der Waals surface area (Å²) in [6, 6.07) is 9.87. The Kier molecular flexibility index (Phi) is 3.05. The summed E-state index contributed by atoms with van der Waals surface area (Å²) >= 11 is 0. The fourth-order valence-corrected chi connectivity index (χ4v) is 5.20. The van der Waals surface area contributed by atoms with E-state index in [4.69, 9.17) is 4.42 Å². The van der Waals surface area contributed by atoms with E-state index in [2.05, 4.69) is 54.9 Å². The van der Waals surface area contributed by atoms with Crippen LogP contribution in [0, 0.1) is 19.3 Å². The molecule has 0 radical (unpaired) electrons. The van der Waals surface area contributed by atoms with E-state index in [-0.39, 0.29) is 0 Å². The van der Waals surface area contributed by atoms with Crippen molar-refractivity contribution in [1.29, 1.82) is 0 Å². The summed E-state index contributed by atoms with van der Waals surface area (Å²) in [5.74, 6) is 0. The summed E-state index contributed by atoms with van der Waals surface area (Å²) in [5, 5.41) is 2.32. The molecule has 3 fully saturated rings. The number of anilines is 1. The summed E-state index contributed by atoms with van der Waals surface area (Å²) in [6.45, 7) is 9.12. The second kappa shape index (κ2) is 5.00. The number of benzene rings is 1. The lowest BCUT2D eigenvalue weighted by Crippen LogP contribution is -2.59. The zero-order valence-corrected chi connectivity index (χ0v) is 15.6. The van der Waals surface area contributed by atoms with Crippen LogP contribution >= 0.6 is 0 Å². The van der Waals surface area contributed by atoms with Crippen LogP contribution in [0.15, 0.2) is 28.7 Å². The lowest BCUT2D eigenvalue weighted by molar-refractivity contribution is 0.0967. The summed E-state index contributed by atoms with van der Waals surface area (Å²) in [5.41, 5.74) is 5.83. The van der Waals surface area contributed by atoms with Gasteiger partial charge in [-0.1, -0.05) is 19.1 Å². The maximum Gasteiger partial charge on any atom is 0.227 e. The number of nitrogens with zero attached hydrogens (tertiary/aromatic N) is 2. The van der Waals surface area contributed by atoms with E-state index in [9.17, 15) is 0 Å². The van der Waals surface area contributed by atoms with Crippen LogP contribution in [0.25, 0.3) is 22.1 Å². The van der Waals surface area contributed by atoms with Crippen molar-refractivity contribution in [1.82, 2.24) is 4.98 Å². The van der Waals surface area contributed by atoms with E-state index < -0.39 is 0 Å². The third kappa shape index (κ3) is 2.01. The molecule has 6 rings (SSSR count). The molecule has 130 valence electrons. The Hall–Kier alpha value is -2.03. The molecule has 1 atom stereocenters. The highest BCUT2D eigenvalue weighted by molar-refractivity contribution is 6.08. The Morgan fingerprint density at radius 2 is 1.80 bits per heavy atom. The molecule has 2 saturated heterocycles. The van der Waals surface area contributed by atoms with Gasteiger partial charge in [0.25, 0.3) is 0 Å². The van der Waals surface area contributed by atoms with Gasteiger partial charge in [0.2, 0.25) is 5.71 Å². The first-order valence-electron chi connectivity index (χ1n) is 9.56. The van der Waals surface area contributed by atoms with Crippen LogP contribution in [0.5, 0.6) is 0 Å². The van der Waals surface area contributed by atoms with Crippen LogP contribution in [0.4, 0.5) is 5.69 Å². The molecule has 2 bridgehead atoms. The monoisotopic (exact) mass is 334 g/mol. The van der Waals surface area contributed by atoms with Crippen LogP contribution in [0.1, 0.15) is 50.8 Å². The molecular weight excluding hydrogens is 308 g/mol. The van der Waals surface area contributed by atoms with Crippen LogP contribution in [-0.4, -0.2) is 17.1 Å². The molecule has 1 aliphatic carbocycles. The van der Waals surface area contributed by atoms with E-state index in [1.807, 2.05) is 6.92 Å². The first kappa shape index (κ1) is 15.2. The Bertz CT molecular complexity index is 979. The molecule has 1 aromatic carbocycles. The Balaban J connectivity index is 1.78. The molecule has 2 aromatic heterocycles. The lowest BCUT2D eigenvalue weighted by atomic mass is 9.64. The highest BCUT2D eigenvalue weighted by Crippen LogP contribution is 2.52. The van der Waals surface area contributed by atoms with Gasteiger partial charge in [-0.3, -0.25) is 0 Å². The third-order valence-corrected chi connectivity index (χ3v) is 7.00. The number of fused-ring (bicyclic) bond motifs is 6. The zero-order chi connectivity index (χ0) is 17.3. The maximum atomic E-state index is 6.33. The van der Waals surface area contributed by atoms with Crippen molar-refractivity contribution in [2.24, 2.45) is 5.41 Å². The SMILES string of the molecule is Cc1ccc2c(n1)oc1c(N3C4CCC(C)(CC4)[C@@H]3C)c(C)ccc12. The molecular formula is C22H26N2O. The lowest BCUT2D eigenvalue weighted by Gasteiger charge is -2.57. The van der Waals surface area contributed by atoms with Crippen LogP contribution in [0.2, 0.25) is 0 Å². The van der Waals surface area contributed by atoms with Gasteiger partial charge in [0.05, 0.1) is 5.69 Å². The summed E-state index contributed by atoms with van der Waals surface area (Å²) in [6.07, 6.45) is 5.30. The van der Waals surface area contributed by atoms with Crippen molar-refractivity contribution in [2.75, 3.05) is 4.90 Å². The van der Waals surface area contributed by atoms with E-state index in [0.29, 0.717) is 17.5 Å². The minimum Gasteiger partial charge on any atom is -0.436 e. The zero-order valence-electron chi connectivity index (χ0n) is 15.6. The number of hydrogen-bond donors (Lipinski definition) is 0. The van der Waals surface area contributed by atoms with Gasteiger partial charge < -0.3 is 9.32 Å². The quantitative estimate of drug-likeness (QED) is 0.567. The van der Waals surface area contributed by atoms with Gasteiger partial charge in [-0.05, 0) is 69.6 Å². The van der Waals surface area contributed by atoms with Gasteiger partial charge in [0.1, 0.15) is 0 Å². The molecule has 3 heteroatoms. The molecule has 1 saturated carbocycles. The van der Waals surface area contributed by atoms with Crippen molar-refractivity contribution in [3.63, 3.8) is 0 Å². The summed E-state index contributed by atoms with van der Waals surface area (Å²) in [4.78, 5) is 7.30. The standard InChI is InChI=1S/C22H26N2O/c1-13-5-7-17-18-8-6-14(2)23-21(18)25-20(17)19(13)24-15(3)22(4)11-9-16(24)10-12-22/h5-8,15-16H,9-12H2,1-4H3/t15-,16?,22?/m0/s1. The molecule has 0 unspecified atom stereocenters. The molecule has 0 amide bonds. The van der Waals surface area contributed by atoms with Crippen molar-refractivity contribution in [3.8, 4) is 0 Å². The average molecular weight is 334 g/mol. The van der Waals surface area contributed by atoms with E-state index >= 15 is 0 Å². The number of hydrogen-bond acceptors (Lipinski definition) is 3. The molecule has 3 aliphatic rings. The van der Waals surface area contributed by atoms with Crippen molar-refractivity contribution in [3.05, 3.63) is 35.5 Å². The predicted octanol–water partition coefficient (Wildman–Crippen LogP) is 5.76. The van der Waals surface area contributed by atoms with Crippen LogP contribution < -0.4 is 4.90 Å². The van der Waals surface area contributed by atoms with Crippen molar-refractivity contribution in [2.45, 2.75) is 65.5 Å².